The van der Waals surface area contributed by atoms with Crippen molar-refractivity contribution in [1.82, 2.24) is 4.57 Å². The topological polar surface area (TPSA) is 78.2 Å². The minimum atomic E-state index is -0.649. The summed E-state index contributed by atoms with van der Waals surface area (Å²) in [4.78, 5) is 23.8. The van der Waals surface area contributed by atoms with Gasteiger partial charge in [-0.25, -0.2) is 9.18 Å². The van der Waals surface area contributed by atoms with E-state index in [4.69, 9.17) is 10.2 Å². The molecule has 2 N–H and O–H groups in total. The number of rotatable bonds is 2. The van der Waals surface area contributed by atoms with Gasteiger partial charge in [0, 0.05) is 18.3 Å². The largest absolute Gasteiger partial charge is 0.419 e. The van der Waals surface area contributed by atoms with Gasteiger partial charge >= 0.3 is 5.76 Å². The molecule has 5 nitrogen and oxygen atoms in total. The van der Waals surface area contributed by atoms with Crippen LogP contribution in [0.25, 0.3) is 11.1 Å². The van der Waals surface area contributed by atoms with Gasteiger partial charge in [-0.1, -0.05) is 0 Å². The normalized spacial score (nSPS) is 11.0. The summed E-state index contributed by atoms with van der Waals surface area (Å²) >= 11 is 0. The number of aromatic nitrogens is 1. The second kappa shape index (κ2) is 4.59. The highest BCUT2D eigenvalue weighted by molar-refractivity contribution is 6.10. The molecule has 2 aromatic carbocycles. The first-order valence-corrected chi connectivity index (χ1v) is 6.16. The van der Waals surface area contributed by atoms with Crippen molar-refractivity contribution in [1.29, 1.82) is 0 Å². The lowest BCUT2D eigenvalue weighted by atomic mass is 10.0. The SMILES string of the molecule is Cn1c(=O)oc2cc(C(=O)c3cc(N)ccc3F)ccc21. The zero-order valence-electron chi connectivity index (χ0n) is 11.1. The van der Waals surface area contributed by atoms with Crippen molar-refractivity contribution >= 4 is 22.6 Å². The maximum absolute atomic E-state index is 13.7. The van der Waals surface area contributed by atoms with E-state index in [0.29, 0.717) is 11.2 Å². The molecule has 0 aliphatic heterocycles. The van der Waals surface area contributed by atoms with Crippen LogP contribution in [0.15, 0.2) is 45.6 Å². The molecule has 0 aliphatic carbocycles. The predicted molar refractivity (Wildman–Crippen MR) is 75.7 cm³/mol. The van der Waals surface area contributed by atoms with Crippen molar-refractivity contribution in [3.8, 4) is 0 Å². The molecular weight excluding hydrogens is 275 g/mol. The Morgan fingerprint density at radius 3 is 2.76 bits per heavy atom. The van der Waals surface area contributed by atoms with Gasteiger partial charge in [-0.15, -0.1) is 0 Å². The Labute approximate surface area is 118 Å². The molecule has 3 rings (SSSR count). The summed E-state index contributed by atoms with van der Waals surface area (Å²) in [5.41, 5.74) is 6.81. The molecule has 0 saturated heterocycles. The van der Waals surface area contributed by atoms with Crippen LogP contribution in [-0.4, -0.2) is 10.4 Å². The van der Waals surface area contributed by atoms with Crippen LogP contribution in [-0.2, 0) is 7.05 Å². The molecule has 0 unspecified atom stereocenters. The Bertz CT molecular complexity index is 924. The fraction of sp³-hybridized carbons (Fsp3) is 0.0667. The summed E-state index contributed by atoms with van der Waals surface area (Å²) < 4.78 is 20.1. The number of halogens is 1. The van der Waals surface area contributed by atoms with Crippen molar-refractivity contribution in [2.45, 2.75) is 0 Å². The number of benzene rings is 2. The summed E-state index contributed by atoms with van der Waals surface area (Å²) in [7, 11) is 1.56. The number of nitrogen functional groups attached to an aromatic ring is 1. The van der Waals surface area contributed by atoms with Crippen molar-refractivity contribution in [3.05, 3.63) is 63.9 Å². The molecule has 0 bridgehead atoms. The highest BCUT2D eigenvalue weighted by Gasteiger charge is 2.16. The van der Waals surface area contributed by atoms with E-state index >= 15 is 0 Å². The van der Waals surface area contributed by atoms with Crippen LogP contribution in [0.4, 0.5) is 10.1 Å². The Kier molecular flexibility index (Phi) is 2.86. The first-order valence-electron chi connectivity index (χ1n) is 6.16. The Hall–Kier alpha value is -2.89. The molecule has 0 fully saturated rings. The molecule has 1 aromatic heterocycles. The van der Waals surface area contributed by atoms with E-state index in [9.17, 15) is 14.0 Å². The number of carbonyl (C=O) groups excluding carboxylic acids is 1. The predicted octanol–water partition coefficient (Wildman–Crippen LogP) is 2.08. The maximum atomic E-state index is 13.7. The van der Waals surface area contributed by atoms with Gasteiger partial charge in [0.1, 0.15) is 5.82 Å². The van der Waals surface area contributed by atoms with Crippen molar-refractivity contribution < 1.29 is 13.6 Å². The van der Waals surface area contributed by atoms with Gasteiger partial charge in [0.2, 0.25) is 0 Å². The van der Waals surface area contributed by atoms with Crippen molar-refractivity contribution in [2.75, 3.05) is 5.73 Å². The van der Waals surface area contributed by atoms with Crippen LogP contribution in [0.2, 0.25) is 0 Å². The summed E-state index contributed by atoms with van der Waals surface area (Å²) in [6.07, 6.45) is 0. The molecule has 106 valence electrons. The third-order valence-corrected chi connectivity index (χ3v) is 3.29. The first-order chi connectivity index (χ1) is 9.97. The lowest BCUT2D eigenvalue weighted by Gasteiger charge is -2.04. The Balaban J connectivity index is 2.13. The highest BCUT2D eigenvalue weighted by atomic mass is 19.1. The number of oxazole rings is 1. The lowest BCUT2D eigenvalue weighted by Crippen LogP contribution is -2.08. The number of fused-ring (bicyclic) bond motifs is 1. The average Bonchev–Trinajstić information content (AvgIpc) is 2.75. The van der Waals surface area contributed by atoms with Crippen LogP contribution < -0.4 is 11.5 Å². The summed E-state index contributed by atoms with van der Waals surface area (Å²) in [6.45, 7) is 0. The molecule has 0 radical (unpaired) electrons. The van der Waals surface area contributed by atoms with E-state index in [1.54, 1.807) is 13.1 Å². The van der Waals surface area contributed by atoms with Crippen LogP contribution in [0.5, 0.6) is 0 Å². The summed E-state index contributed by atoms with van der Waals surface area (Å²) in [5, 5.41) is 0. The average molecular weight is 286 g/mol. The second-order valence-electron chi connectivity index (χ2n) is 4.68. The number of carbonyl (C=O) groups is 1. The standard InChI is InChI=1S/C15H11FN2O3/c1-18-12-5-2-8(6-13(12)21-15(18)20)14(19)10-7-9(17)3-4-11(10)16/h2-7H,17H2,1H3. The fourth-order valence-corrected chi connectivity index (χ4v) is 2.15. The molecule has 0 atom stereocenters. The van der Waals surface area contributed by atoms with Crippen molar-refractivity contribution in [3.63, 3.8) is 0 Å². The number of nitrogens with zero attached hydrogens (tertiary/aromatic N) is 1. The molecule has 21 heavy (non-hydrogen) atoms. The second-order valence-corrected chi connectivity index (χ2v) is 4.68. The lowest BCUT2D eigenvalue weighted by molar-refractivity contribution is 0.103. The zero-order chi connectivity index (χ0) is 15.1. The van der Waals surface area contributed by atoms with E-state index < -0.39 is 17.4 Å². The van der Waals surface area contributed by atoms with E-state index in [-0.39, 0.29) is 16.7 Å². The van der Waals surface area contributed by atoms with Gasteiger partial charge in [0.25, 0.3) is 0 Å². The Morgan fingerprint density at radius 2 is 2.00 bits per heavy atom. The monoisotopic (exact) mass is 286 g/mol. The molecule has 0 amide bonds. The molecule has 0 saturated carbocycles. The number of ketones is 1. The first kappa shape index (κ1) is 13.1. The van der Waals surface area contributed by atoms with Crippen molar-refractivity contribution in [2.24, 2.45) is 7.05 Å². The molecular formula is C15H11FN2O3. The van der Waals surface area contributed by atoms with Gasteiger partial charge in [-0.3, -0.25) is 9.36 Å². The highest BCUT2D eigenvalue weighted by Crippen LogP contribution is 2.20. The zero-order valence-corrected chi connectivity index (χ0v) is 11.1. The number of anilines is 1. The van der Waals surface area contributed by atoms with E-state index in [1.807, 2.05) is 0 Å². The van der Waals surface area contributed by atoms with Crippen LogP contribution >= 0.6 is 0 Å². The third-order valence-electron chi connectivity index (χ3n) is 3.29. The minimum absolute atomic E-state index is 0.118. The van der Waals surface area contributed by atoms with Gasteiger partial charge in [0.05, 0.1) is 11.1 Å². The number of hydrogen-bond donors (Lipinski definition) is 1. The third kappa shape index (κ3) is 2.10. The van der Waals surface area contributed by atoms with Crippen LogP contribution in [0, 0.1) is 5.82 Å². The molecule has 3 aromatic rings. The van der Waals surface area contributed by atoms with E-state index in [0.717, 1.165) is 6.07 Å². The van der Waals surface area contributed by atoms with Gasteiger partial charge in [-0.05, 0) is 36.4 Å². The van der Waals surface area contributed by atoms with Gasteiger partial charge < -0.3 is 10.2 Å². The van der Waals surface area contributed by atoms with E-state index in [1.165, 1.54) is 28.8 Å². The van der Waals surface area contributed by atoms with Crippen LogP contribution in [0.3, 0.4) is 0 Å². The van der Waals surface area contributed by atoms with Crippen LogP contribution in [0.1, 0.15) is 15.9 Å². The Morgan fingerprint density at radius 1 is 1.24 bits per heavy atom. The molecule has 0 spiro atoms. The molecule has 1 heterocycles. The number of nitrogens with two attached hydrogens (primary N) is 1. The smallest absolute Gasteiger partial charge is 0.408 e. The summed E-state index contributed by atoms with van der Waals surface area (Å²) in [6, 6.07) is 8.32. The maximum Gasteiger partial charge on any atom is 0.419 e. The molecule has 6 heteroatoms. The summed E-state index contributed by atoms with van der Waals surface area (Å²) in [5.74, 6) is -1.69. The van der Waals surface area contributed by atoms with Gasteiger partial charge in [0.15, 0.2) is 11.4 Å². The number of aryl methyl sites for hydroxylation is 1. The van der Waals surface area contributed by atoms with Gasteiger partial charge in [-0.2, -0.15) is 0 Å². The fourth-order valence-electron chi connectivity index (χ4n) is 2.15. The van der Waals surface area contributed by atoms with E-state index in [2.05, 4.69) is 0 Å². The number of hydrogen-bond acceptors (Lipinski definition) is 4. The quantitative estimate of drug-likeness (QED) is 0.578. The molecule has 0 aliphatic rings. The minimum Gasteiger partial charge on any atom is -0.408 e.